The van der Waals surface area contributed by atoms with Crippen LogP contribution in [0.2, 0.25) is 0 Å². The van der Waals surface area contributed by atoms with E-state index in [1.807, 2.05) is 0 Å². The molecule has 0 saturated carbocycles. The molecule has 1 aromatic carbocycles. The van der Waals surface area contributed by atoms with Gasteiger partial charge in [0.2, 0.25) is 5.82 Å². The number of ether oxygens (including phenoxy) is 3. The molecule has 26 heavy (non-hydrogen) atoms. The van der Waals surface area contributed by atoms with Crippen LogP contribution in [0.1, 0.15) is 32.3 Å². The summed E-state index contributed by atoms with van der Waals surface area (Å²) < 4.78 is 83.1. The fourth-order valence-corrected chi connectivity index (χ4v) is 3.24. The number of hydrogen-bond acceptors (Lipinski definition) is 4. The van der Waals surface area contributed by atoms with Crippen molar-refractivity contribution in [1.29, 1.82) is 0 Å². The van der Waals surface area contributed by atoms with Gasteiger partial charge in [0, 0.05) is 17.4 Å². The lowest BCUT2D eigenvalue weighted by Gasteiger charge is -2.31. The molecule has 4 atom stereocenters. The van der Waals surface area contributed by atoms with Crippen LogP contribution >= 0.6 is 0 Å². The fourth-order valence-electron chi connectivity index (χ4n) is 3.24. The van der Waals surface area contributed by atoms with Crippen molar-refractivity contribution < 1.29 is 41.0 Å². The lowest BCUT2D eigenvalue weighted by molar-refractivity contribution is -0.274. The lowest BCUT2D eigenvalue weighted by atomic mass is 9.77. The van der Waals surface area contributed by atoms with E-state index >= 15 is 0 Å². The van der Waals surface area contributed by atoms with Crippen molar-refractivity contribution in [2.45, 2.75) is 44.6 Å². The van der Waals surface area contributed by atoms with Crippen molar-refractivity contribution in [3.8, 4) is 5.75 Å². The molecule has 1 fully saturated rings. The van der Waals surface area contributed by atoms with E-state index in [0.29, 0.717) is 0 Å². The van der Waals surface area contributed by atoms with Crippen molar-refractivity contribution in [3.63, 3.8) is 0 Å². The molecule has 0 unspecified atom stereocenters. The van der Waals surface area contributed by atoms with Gasteiger partial charge in [-0.15, -0.1) is 0 Å². The number of benzene rings is 1. The average molecular weight is 382 g/mol. The fraction of sp³-hybridized carbons (Fsp3) is 0.588. The number of carbonyl (C=O) groups is 1. The Morgan fingerprint density at radius 1 is 1.31 bits per heavy atom. The number of carbonyl (C=O) groups excluding carboxylic acids is 1. The van der Waals surface area contributed by atoms with Crippen molar-refractivity contribution in [2.75, 3.05) is 13.7 Å². The molecular weight excluding hydrogens is 363 g/mol. The van der Waals surface area contributed by atoms with Crippen LogP contribution in [-0.4, -0.2) is 37.6 Å². The van der Waals surface area contributed by atoms with Crippen molar-refractivity contribution >= 4 is 5.97 Å². The maximum Gasteiger partial charge on any atom is 0.417 e. The highest BCUT2D eigenvalue weighted by molar-refractivity contribution is 5.77. The van der Waals surface area contributed by atoms with Gasteiger partial charge in [-0.05, 0) is 19.9 Å². The standard InChI is InChI=1S/C17H19F5O4/c1-5-25-15(23)14-11(8(2)16(3,26-14)17(20,21)22)9-6-7-10(18)12(19)13(9)24-4/h6-8,11,14H,5H2,1-4H3/t8-,11-,14+,16+/m0/s1. The summed E-state index contributed by atoms with van der Waals surface area (Å²) in [4.78, 5) is 12.2. The van der Waals surface area contributed by atoms with E-state index < -0.39 is 53.1 Å². The van der Waals surface area contributed by atoms with Crippen LogP contribution in [-0.2, 0) is 14.3 Å². The molecule has 9 heteroatoms. The van der Waals surface area contributed by atoms with Crippen molar-refractivity contribution in [2.24, 2.45) is 5.92 Å². The number of rotatable bonds is 4. The van der Waals surface area contributed by atoms with E-state index in [1.165, 1.54) is 13.8 Å². The Hall–Kier alpha value is -1.90. The second-order valence-electron chi connectivity index (χ2n) is 6.19. The van der Waals surface area contributed by atoms with Crippen LogP contribution in [0, 0.1) is 17.6 Å². The van der Waals surface area contributed by atoms with E-state index in [0.717, 1.165) is 26.2 Å². The second kappa shape index (κ2) is 7.02. The summed E-state index contributed by atoms with van der Waals surface area (Å²) in [6, 6.07) is 1.86. The molecule has 2 rings (SSSR count). The van der Waals surface area contributed by atoms with Gasteiger partial charge in [-0.1, -0.05) is 13.0 Å². The molecule has 146 valence electrons. The van der Waals surface area contributed by atoms with Crippen LogP contribution in [0.5, 0.6) is 5.75 Å². The van der Waals surface area contributed by atoms with Gasteiger partial charge in [-0.2, -0.15) is 17.6 Å². The zero-order chi connectivity index (χ0) is 19.9. The molecule has 1 heterocycles. The van der Waals surface area contributed by atoms with Crippen LogP contribution in [0.3, 0.4) is 0 Å². The number of methoxy groups -OCH3 is 1. The van der Waals surface area contributed by atoms with Gasteiger partial charge in [0.1, 0.15) is 0 Å². The second-order valence-corrected chi connectivity index (χ2v) is 6.19. The highest BCUT2D eigenvalue weighted by Crippen LogP contribution is 2.54. The maximum atomic E-state index is 14.1. The SMILES string of the molecule is CCOC(=O)[C@@H]1O[C@@](C)(C(F)(F)F)[C@@H](C)[C@H]1c1ccc(F)c(F)c1OC. The zero-order valence-electron chi connectivity index (χ0n) is 14.6. The van der Waals surface area contributed by atoms with E-state index in [9.17, 15) is 26.7 Å². The van der Waals surface area contributed by atoms with Gasteiger partial charge >= 0.3 is 12.1 Å². The highest BCUT2D eigenvalue weighted by Gasteiger charge is 2.66. The van der Waals surface area contributed by atoms with Crippen molar-refractivity contribution in [3.05, 3.63) is 29.3 Å². The molecule has 1 aromatic rings. The first-order valence-electron chi connectivity index (χ1n) is 7.92. The number of esters is 1. The third-order valence-corrected chi connectivity index (χ3v) is 4.83. The van der Waals surface area contributed by atoms with Gasteiger partial charge in [0.05, 0.1) is 13.7 Å². The molecular formula is C17H19F5O4. The van der Waals surface area contributed by atoms with Crippen molar-refractivity contribution in [1.82, 2.24) is 0 Å². The quantitative estimate of drug-likeness (QED) is 0.584. The Bertz CT molecular complexity index is 690. The molecule has 0 aliphatic carbocycles. The van der Waals surface area contributed by atoms with Gasteiger partial charge in [0.25, 0.3) is 0 Å². The Kier molecular flexibility index (Phi) is 5.51. The number of hydrogen-bond donors (Lipinski definition) is 0. The van der Waals surface area contributed by atoms with Crippen LogP contribution in [0.25, 0.3) is 0 Å². The minimum absolute atomic E-state index is 0.0720. The van der Waals surface area contributed by atoms with Gasteiger partial charge in [-0.3, -0.25) is 0 Å². The Morgan fingerprint density at radius 3 is 2.42 bits per heavy atom. The lowest BCUT2D eigenvalue weighted by Crippen LogP contribution is -2.47. The van der Waals surface area contributed by atoms with Crippen LogP contribution in [0.15, 0.2) is 12.1 Å². The molecule has 1 saturated heterocycles. The van der Waals surface area contributed by atoms with Gasteiger partial charge in [-0.25, -0.2) is 9.18 Å². The van der Waals surface area contributed by atoms with Gasteiger partial charge in [0.15, 0.2) is 23.3 Å². The molecule has 0 radical (unpaired) electrons. The zero-order valence-corrected chi connectivity index (χ0v) is 14.6. The average Bonchev–Trinajstić information content (AvgIpc) is 2.83. The normalized spacial score (nSPS) is 28.9. The summed E-state index contributed by atoms with van der Waals surface area (Å²) in [6.45, 7) is 3.47. The van der Waals surface area contributed by atoms with E-state index in [2.05, 4.69) is 0 Å². The molecule has 1 aliphatic rings. The minimum Gasteiger partial charge on any atom is -0.493 e. The summed E-state index contributed by atoms with van der Waals surface area (Å²) in [6.07, 6.45) is -6.44. The summed E-state index contributed by atoms with van der Waals surface area (Å²) in [5, 5.41) is 0. The summed E-state index contributed by atoms with van der Waals surface area (Å²) in [7, 11) is 1.06. The van der Waals surface area contributed by atoms with E-state index in [1.54, 1.807) is 0 Å². The van der Waals surface area contributed by atoms with E-state index in [-0.39, 0.29) is 12.2 Å². The smallest absolute Gasteiger partial charge is 0.417 e. The Morgan fingerprint density at radius 2 is 1.92 bits per heavy atom. The molecule has 0 aromatic heterocycles. The first-order chi connectivity index (χ1) is 12.0. The summed E-state index contributed by atoms with van der Waals surface area (Å²) in [5.41, 5.74) is -2.77. The Balaban J connectivity index is 2.63. The van der Waals surface area contributed by atoms with Crippen LogP contribution in [0.4, 0.5) is 22.0 Å². The van der Waals surface area contributed by atoms with Gasteiger partial charge < -0.3 is 14.2 Å². The summed E-state index contributed by atoms with van der Waals surface area (Å²) in [5.74, 6) is -6.68. The minimum atomic E-state index is -4.79. The molecule has 0 spiro atoms. The summed E-state index contributed by atoms with van der Waals surface area (Å²) >= 11 is 0. The maximum absolute atomic E-state index is 14.1. The third kappa shape index (κ3) is 3.13. The number of alkyl halides is 3. The largest absolute Gasteiger partial charge is 0.493 e. The number of halogens is 5. The topological polar surface area (TPSA) is 44.8 Å². The Labute approximate surface area is 147 Å². The monoisotopic (exact) mass is 382 g/mol. The first-order valence-corrected chi connectivity index (χ1v) is 7.92. The van der Waals surface area contributed by atoms with E-state index in [4.69, 9.17) is 14.2 Å². The molecule has 0 bridgehead atoms. The molecule has 0 N–H and O–H groups in total. The molecule has 1 aliphatic heterocycles. The third-order valence-electron chi connectivity index (χ3n) is 4.83. The van der Waals surface area contributed by atoms with Crippen LogP contribution < -0.4 is 4.74 Å². The predicted octanol–water partition coefficient (Wildman–Crippen LogP) is 3.98. The first kappa shape index (κ1) is 20.4. The molecule has 0 amide bonds. The highest BCUT2D eigenvalue weighted by atomic mass is 19.4. The predicted molar refractivity (Wildman–Crippen MR) is 80.8 cm³/mol. The molecule has 4 nitrogen and oxygen atoms in total.